The van der Waals surface area contributed by atoms with E-state index in [4.69, 9.17) is 0 Å². The first-order chi connectivity index (χ1) is 6.96. The highest BCUT2D eigenvalue weighted by Gasteiger charge is 2.57. The Hall–Kier alpha value is -0.610. The summed E-state index contributed by atoms with van der Waals surface area (Å²) in [7, 11) is 0. The van der Waals surface area contributed by atoms with Gasteiger partial charge in [0.25, 0.3) is 0 Å². The lowest BCUT2D eigenvalue weighted by Crippen LogP contribution is -2.57. The Morgan fingerprint density at radius 1 is 1.47 bits per heavy atom. The summed E-state index contributed by atoms with van der Waals surface area (Å²) in [5, 5.41) is 22.5. The van der Waals surface area contributed by atoms with E-state index < -0.39 is 17.7 Å². The van der Waals surface area contributed by atoms with Crippen molar-refractivity contribution in [2.24, 2.45) is 11.8 Å². The fourth-order valence-corrected chi connectivity index (χ4v) is 2.84. The van der Waals surface area contributed by atoms with E-state index >= 15 is 0 Å². The molecule has 2 aliphatic carbocycles. The van der Waals surface area contributed by atoms with E-state index in [1.54, 1.807) is 0 Å². The average molecular weight is 213 g/mol. The third kappa shape index (κ3) is 1.56. The van der Waals surface area contributed by atoms with Crippen LogP contribution in [0.1, 0.15) is 33.1 Å². The second-order valence-electron chi connectivity index (χ2n) is 5.24. The number of nitrogens with one attached hydrogen (secondary N) is 1. The fraction of sp³-hybridized carbons (Fsp3) is 0.909. The summed E-state index contributed by atoms with van der Waals surface area (Å²) in [6, 6.07) is 0. The van der Waals surface area contributed by atoms with Crippen molar-refractivity contribution in [3.63, 3.8) is 0 Å². The molecule has 2 bridgehead atoms. The van der Waals surface area contributed by atoms with Gasteiger partial charge < -0.3 is 15.5 Å². The average Bonchev–Trinajstić information content (AvgIpc) is 2.67. The molecular weight excluding hydrogens is 194 g/mol. The molecule has 1 amide bonds. The number of hydrogen-bond donors (Lipinski definition) is 3. The molecule has 4 atom stereocenters. The molecule has 86 valence electrons. The van der Waals surface area contributed by atoms with E-state index in [0.717, 1.165) is 12.8 Å². The van der Waals surface area contributed by atoms with Crippen molar-refractivity contribution >= 4 is 5.91 Å². The van der Waals surface area contributed by atoms with Crippen LogP contribution in [0.5, 0.6) is 0 Å². The lowest BCUT2D eigenvalue weighted by molar-refractivity contribution is -0.128. The highest BCUT2D eigenvalue weighted by Crippen LogP contribution is 2.47. The maximum Gasteiger partial charge on any atom is 0.223 e. The van der Waals surface area contributed by atoms with Gasteiger partial charge in [-0.1, -0.05) is 13.8 Å². The fourth-order valence-electron chi connectivity index (χ4n) is 2.84. The topological polar surface area (TPSA) is 69.6 Å². The predicted octanol–water partition coefficient (Wildman–Crippen LogP) is 0.0329. The largest absolute Gasteiger partial charge is 0.390 e. The minimum atomic E-state index is -0.793. The molecule has 0 radical (unpaired) electrons. The normalized spacial score (nSPS) is 43.7. The van der Waals surface area contributed by atoms with Gasteiger partial charge in [-0.05, 0) is 25.2 Å². The van der Waals surface area contributed by atoms with Crippen LogP contribution in [-0.4, -0.2) is 33.9 Å². The Labute approximate surface area is 89.7 Å². The number of aliphatic hydroxyl groups excluding tert-OH is 2. The molecule has 15 heavy (non-hydrogen) atoms. The first kappa shape index (κ1) is 10.9. The second kappa shape index (κ2) is 3.46. The van der Waals surface area contributed by atoms with Crippen molar-refractivity contribution in [1.29, 1.82) is 0 Å². The van der Waals surface area contributed by atoms with Gasteiger partial charge in [-0.25, -0.2) is 0 Å². The van der Waals surface area contributed by atoms with Gasteiger partial charge in [-0.15, -0.1) is 0 Å². The van der Waals surface area contributed by atoms with E-state index in [1.165, 1.54) is 0 Å². The first-order valence-corrected chi connectivity index (χ1v) is 5.64. The van der Waals surface area contributed by atoms with Gasteiger partial charge in [-0.2, -0.15) is 0 Å². The highest BCUT2D eigenvalue weighted by molar-refractivity contribution is 5.79. The van der Waals surface area contributed by atoms with Crippen molar-refractivity contribution in [2.75, 3.05) is 0 Å². The smallest absolute Gasteiger partial charge is 0.223 e. The summed E-state index contributed by atoms with van der Waals surface area (Å²) in [5.74, 6) is 0.0413. The molecule has 4 nitrogen and oxygen atoms in total. The summed E-state index contributed by atoms with van der Waals surface area (Å²) in [6.45, 7) is 3.66. The van der Waals surface area contributed by atoms with Gasteiger partial charge in [0.05, 0.1) is 11.6 Å². The summed E-state index contributed by atoms with van der Waals surface area (Å²) < 4.78 is 0. The molecule has 2 fully saturated rings. The van der Waals surface area contributed by atoms with Crippen LogP contribution in [0.15, 0.2) is 0 Å². The van der Waals surface area contributed by atoms with Crippen molar-refractivity contribution in [3.8, 4) is 0 Å². The van der Waals surface area contributed by atoms with Crippen LogP contribution in [0.25, 0.3) is 0 Å². The van der Waals surface area contributed by atoms with Crippen LogP contribution in [-0.2, 0) is 4.79 Å². The Morgan fingerprint density at radius 2 is 2.13 bits per heavy atom. The van der Waals surface area contributed by atoms with Crippen molar-refractivity contribution < 1.29 is 15.0 Å². The van der Waals surface area contributed by atoms with Crippen molar-refractivity contribution in [2.45, 2.75) is 50.9 Å². The molecule has 2 rings (SSSR count). The number of carbonyl (C=O) groups is 1. The van der Waals surface area contributed by atoms with E-state index in [1.807, 2.05) is 13.8 Å². The van der Waals surface area contributed by atoms with E-state index in [9.17, 15) is 15.0 Å². The van der Waals surface area contributed by atoms with Crippen LogP contribution in [0, 0.1) is 11.8 Å². The maximum atomic E-state index is 11.6. The maximum absolute atomic E-state index is 11.6. The van der Waals surface area contributed by atoms with Gasteiger partial charge in [-0.3, -0.25) is 4.79 Å². The van der Waals surface area contributed by atoms with Crippen LogP contribution in [0.3, 0.4) is 0 Å². The van der Waals surface area contributed by atoms with E-state index in [2.05, 4.69) is 5.32 Å². The summed E-state index contributed by atoms with van der Waals surface area (Å²) in [6.07, 6.45) is 0.948. The lowest BCUT2D eigenvalue weighted by atomic mass is 9.88. The zero-order valence-electron chi connectivity index (χ0n) is 9.23. The number of hydrogen-bond acceptors (Lipinski definition) is 3. The molecule has 4 heteroatoms. The quantitative estimate of drug-likeness (QED) is 0.606. The Balaban J connectivity index is 2.11. The van der Waals surface area contributed by atoms with E-state index in [-0.39, 0.29) is 17.7 Å². The first-order valence-electron chi connectivity index (χ1n) is 5.64. The molecule has 0 aromatic heterocycles. The number of fused-ring (bicyclic) bond motifs is 2. The third-order valence-corrected chi connectivity index (χ3v) is 3.86. The van der Waals surface area contributed by atoms with Crippen LogP contribution in [0.2, 0.25) is 0 Å². The van der Waals surface area contributed by atoms with Crippen molar-refractivity contribution in [1.82, 2.24) is 5.32 Å². The lowest BCUT2D eigenvalue weighted by Gasteiger charge is -2.35. The molecule has 2 unspecified atom stereocenters. The van der Waals surface area contributed by atoms with Gasteiger partial charge >= 0.3 is 0 Å². The third-order valence-electron chi connectivity index (χ3n) is 3.86. The van der Waals surface area contributed by atoms with Gasteiger partial charge in [0, 0.05) is 5.92 Å². The zero-order chi connectivity index (χ0) is 11.2. The van der Waals surface area contributed by atoms with Crippen LogP contribution in [0.4, 0.5) is 0 Å². The SMILES string of the molecule is CC(C)C(=O)NC12CCC(C1)[C@H](O)[C@@H]2O. The molecule has 0 saturated heterocycles. The Bertz CT molecular complexity index is 279. The minimum Gasteiger partial charge on any atom is -0.390 e. The number of amides is 1. The molecule has 0 heterocycles. The highest BCUT2D eigenvalue weighted by atomic mass is 16.3. The molecule has 2 saturated carbocycles. The zero-order valence-corrected chi connectivity index (χ0v) is 9.23. The van der Waals surface area contributed by atoms with Gasteiger partial charge in [0.1, 0.15) is 6.10 Å². The second-order valence-corrected chi connectivity index (χ2v) is 5.24. The summed E-state index contributed by atoms with van der Waals surface area (Å²) >= 11 is 0. The molecule has 2 aliphatic rings. The number of aliphatic hydroxyl groups is 2. The number of carbonyl (C=O) groups excluding carboxylic acids is 1. The molecule has 0 aromatic rings. The Kier molecular flexibility index (Phi) is 2.51. The van der Waals surface area contributed by atoms with Crippen LogP contribution < -0.4 is 5.32 Å². The van der Waals surface area contributed by atoms with Gasteiger partial charge in [0.2, 0.25) is 5.91 Å². The molecule has 0 aliphatic heterocycles. The van der Waals surface area contributed by atoms with Crippen LogP contribution >= 0.6 is 0 Å². The summed E-state index contributed by atoms with van der Waals surface area (Å²) in [4.78, 5) is 11.6. The van der Waals surface area contributed by atoms with E-state index in [0.29, 0.717) is 6.42 Å². The summed E-state index contributed by atoms with van der Waals surface area (Å²) in [5.41, 5.74) is -0.550. The molecular formula is C11H19NO3. The minimum absolute atomic E-state index is 0.0381. The standard InChI is InChI=1S/C11H19NO3/c1-6(2)10(15)12-11-4-3-7(5-11)8(13)9(11)14/h6-9,13-14H,3-5H2,1-2H3,(H,12,15)/t7?,8-,9-,11?/m0/s1. The van der Waals surface area contributed by atoms with Crippen molar-refractivity contribution in [3.05, 3.63) is 0 Å². The monoisotopic (exact) mass is 213 g/mol. The molecule has 0 aromatic carbocycles. The predicted molar refractivity (Wildman–Crippen MR) is 55.1 cm³/mol. The molecule has 3 N–H and O–H groups in total. The Morgan fingerprint density at radius 3 is 2.60 bits per heavy atom. The van der Waals surface area contributed by atoms with Gasteiger partial charge in [0.15, 0.2) is 0 Å². The number of rotatable bonds is 2. The molecule has 0 spiro atoms.